The lowest BCUT2D eigenvalue weighted by Gasteiger charge is -2.38. The number of aromatic hydroxyl groups is 1. The summed E-state index contributed by atoms with van der Waals surface area (Å²) < 4.78 is 28.7. The monoisotopic (exact) mass is 1850 g/mol. The number of unbranched alkanes of at least 4 members (excludes halogenated alkanes) is 1. The Hall–Kier alpha value is -13.2. The molecule has 2 saturated heterocycles. The molecule has 712 valence electrons. The van der Waals surface area contributed by atoms with Crippen LogP contribution in [0, 0.1) is 23.5 Å². The minimum Gasteiger partial charge on any atom is -0.508 e. The van der Waals surface area contributed by atoms with Crippen molar-refractivity contribution in [3.8, 4) is 5.75 Å². The molecule has 0 radical (unpaired) electrons. The predicted octanol–water partition coefficient (Wildman–Crippen LogP) is 2.61. The number of nitrogens with two attached hydrogens (primary N) is 2. The molecular weight excluding hydrogens is 1730 g/mol. The third-order valence-corrected chi connectivity index (χ3v) is 24.3. The Morgan fingerprint density at radius 3 is 1.55 bits per heavy atom. The number of likely N-dealkylation sites (tertiary alicyclic amines) is 2. The summed E-state index contributed by atoms with van der Waals surface area (Å²) in [5, 5.41) is 51.7. The van der Waals surface area contributed by atoms with Crippen LogP contribution in [0.3, 0.4) is 0 Å². The number of amides is 14. The molecule has 2 fully saturated rings. The highest BCUT2D eigenvalue weighted by molar-refractivity contribution is 8.00. The number of nitrogens with one attached hydrogen (secondary N) is 9. The van der Waals surface area contributed by atoms with E-state index in [1.807, 2.05) is 6.92 Å². The van der Waals surface area contributed by atoms with E-state index in [1.54, 1.807) is 88.5 Å². The quantitative estimate of drug-likeness (QED) is 0.0261. The van der Waals surface area contributed by atoms with E-state index >= 15 is 24.0 Å². The number of H-pyrrole nitrogens is 1. The smallest absolute Gasteiger partial charge is 0.305 e. The minimum absolute atomic E-state index is 0.0308. The van der Waals surface area contributed by atoms with Crippen LogP contribution in [-0.4, -0.2) is 276 Å². The molecule has 6 aromatic rings. The van der Waals surface area contributed by atoms with Crippen LogP contribution in [0.15, 0.2) is 134 Å². The zero-order chi connectivity index (χ0) is 96.9. The molecule has 132 heavy (non-hydrogen) atoms. The number of aromatic nitrogens is 1. The molecule has 0 saturated carbocycles. The Morgan fingerprint density at radius 1 is 0.515 bits per heavy atom. The number of aliphatic carboxylic acids is 2. The van der Waals surface area contributed by atoms with E-state index < -0.39 is 233 Å². The Bertz CT molecular complexity index is 5090. The standard InChI is InChI=1S/C93H120F2N16O20S/c1-10-11-23-74(92(130)111-39-18-25-73(111)86(124)101-65(54(6)112)46-79(116)117)107(7)91(129)76(44-55-19-13-12-14-20-55)109(9)89(127)69(42-56-26-32-60(94)33-27-56)100-78(115)51-132-50-71(82(120)99-49-77(96)114)106-83(121)66(40-52(2)3)102-84(122)67(41-57-30-36-62(113)37-31-57)103-85(123)68(45-59-48-98-64-22-16-15-21-63(59)64)104-87(125)72-24-17-38-110(72)90(128)70(47-80(118)119)105-88(126)75(43-58-28-34-61(95)35-29-58)108(8)93(131)81(97)53(4)5/h12-16,19-22,26-37,48,52-53,65-76,81,98,113H,10-11,17-18,23-25,38-47,49-51,97H2,1-9H3,(H2,96,114)(H,99,120)(H,100,115)(H,101,124)(H,102,122)(H,103,123)(H,104,125)(H,105,126)(H,106,121)(H,116,117)(H,118,119)/t65-,66-,67-,68-,69-,70-,71-,72+,73+,74-,75-,76?,81-/m0/s1. The van der Waals surface area contributed by atoms with Gasteiger partial charge in [-0.15, -0.1) is 11.8 Å². The number of rotatable bonds is 49. The SMILES string of the molecule is CCCC[C@@H](C(=O)N1CCC[C@@H]1C(=O)N[C@@H](CC(=O)O)C(C)=O)N(C)C(=O)C(Cc1ccccc1)N(C)C(=O)[C@H](Cc1ccc(F)cc1)NC(=O)CSC[C@H](NC(=O)[C@H](CC(C)C)NC(=O)[C@H](Cc1ccc(O)cc1)NC(=O)[C@H](Cc1c[nH]c2ccccc12)NC(=O)[C@H]1CCCN1C(=O)[C@H](CC(=O)O)NC(=O)[C@H](Cc1ccc(F)cc1)N(C)C(=O)[C@@H](N)C(C)C)C(=O)NCC(N)=O. The van der Waals surface area contributed by atoms with E-state index in [9.17, 15) is 81.6 Å². The topological polar surface area (TPSA) is 531 Å². The molecule has 0 bridgehead atoms. The van der Waals surface area contributed by atoms with Gasteiger partial charge in [-0.3, -0.25) is 81.5 Å². The summed E-state index contributed by atoms with van der Waals surface area (Å²) in [4.78, 5) is 250. The molecule has 2 aliphatic rings. The first-order valence-electron chi connectivity index (χ1n) is 43.8. The van der Waals surface area contributed by atoms with Gasteiger partial charge in [0.15, 0.2) is 5.78 Å². The van der Waals surface area contributed by atoms with Gasteiger partial charge in [0.2, 0.25) is 82.7 Å². The number of para-hydroxylation sites is 1. The van der Waals surface area contributed by atoms with Gasteiger partial charge in [-0.05, 0) is 128 Å². The number of Topliss-reactive ketones (excluding diaryl/α,β-unsaturated/α-hetero) is 1. The second-order valence-electron chi connectivity index (χ2n) is 34.1. The van der Waals surface area contributed by atoms with Crippen molar-refractivity contribution in [3.63, 3.8) is 0 Å². The molecular formula is C93H120F2N16O20S. The fourth-order valence-corrected chi connectivity index (χ4v) is 16.7. The number of ketones is 1. The van der Waals surface area contributed by atoms with E-state index in [0.717, 1.165) is 57.7 Å². The Morgan fingerprint density at radius 2 is 0.992 bits per heavy atom. The van der Waals surface area contributed by atoms with E-state index in [-0.39, 0.29) is 83.0 Å². The third-order valence-electron chi connectivity index (χ3n) is 23.3. The largest absolute Gasteiger partial charge is 0.508 e. The summed E-state index contributed by atoms with van der Waals surface area (Å²) in [5.41, 5.74) is 14.5. The lowest BCUT2D eigenvalue weighted by Crippen LogP contribution is -2.61. The number of nitrogens with zero attached hydrogens (tertiary/aromatic N) is 5. The molecule has 2 aliphatic heterocycles. The van der Waals surface area contributed by atoms with Gasteiger partial charge in [-0.1, -0.05) is 132 Å². The number of carboxylic acid groups (broad SMARTS) is 2. The number of thioether (sulfide) groups is 1. The molecule has 8 rings (SSSR count). The molecule has 1 aromatic heterocycles. The number of aromatic amines is 1. The van der Waals surface area contributed by atoms with Gasteiger partial charge >= 0.3 is 11.9 Å². The average Bonchev–Trinajstić information content (AvgIpc) is 1.51. The number of fused-ring (bicyclic) bond motifs is 1. The van der Waals surface area contributed by atoms with Crippen molar-refractivity contribution < 1.29 is 106 Å². The Kier molecular flexibility index (Phi) is 39.2. The maximum absolute atomic E-state index is 15.4. The molecule has 5 aromatic carbocycles. The van der Waals surface area contributed by atoms with Crippen molar-refractivity contribution in [2.24, 2.45) is 23.3 Å². The Balaban J connectivity index is 1.03. The molecule has 0 aliphatic carbocycles. The van der Waals surface area contributed by atoms with Crippen LogP contribution >= 0.6 is 11.8 Å². The number of hydrogen-bond acceptors (Lipinski definition) is 20. The van der Waals surface area contributed by atoms with Crippen LogP contribution < -0.4 is 54.0 Å². The van der Waals surface area contributed by atoms with Gasteiger partial charge in [0, 0.05) is 89.2 Å². The summed E-state index contributed by atoms with van der Waals surface area (Å²) in [7, 11) is 4.04. The van der Waals surface area contributed by atoms with Gasteiger partial charge in [-0.25, -0.2) is 8.78 Å². The van der Waals surface area contributed by atoms with Crippen molar-refractivity contribution in [3.05, 3.63) is 173 Å². The molecule has 3 heterocycles. The number of benzene rings is 5. The number of carboxylic acids is 2. The number of carbonyl (C=O) groups excluding carboxylic acids is 15. The predicted molar refractivity (Wildman–Crippen MR) is 483 cm³/mol. The van der Waals surface area contributed by atoms with Gasteiger partial charge in [0.1, 0.15) is 83.8 Å². The lowest BCUT2D eigenvalue weighted by molar-refractivity contribution is -0.152. The molecule has 14 amide bonds. The van der Waals surface area contributed by atoms with Crippen LogP contribution in [-0.2, 0) is 114 Å². The molecule has 0 spiro atoms. The third kappa shape index (κ3) is 30.2. The van der Waals surface area contributed by atoms with Crippen LogP contribution in [0.2, 0.25) is 0 Å². The van der Waals surface area contributed by atoms with Crippen molar-refractivity contribution in [2.45, 2.75) is 216 Å². The number of carbonyl (C=O) groups is 17. The first kappa shape index (κ1) is 104. The van der Waals surface area contributed by atoms with E-state index in [0.29, 0.717) is 58.0 Å². The normalized spacial score (nSPS) is 16.1. The first-order valence-corrected chi connectivity index (χ1v) is 45.0. The highest BCUT2D eigenvalue weighted by atomic mass is 32.2. The summed E-state index contributed by atoms with van der Waals surface area (Å²) in [5.74, 6) is -18.9. The van der Waals surface area contributed by atoms with Gasteiger partial charge in [0.05, 0.1) is 37.2 Å². The fraction of sp³-hybridized carbons (Fsp3) is 0.473. The van der Waals surface area contributed by atoms with E-state index in [1.165, 1.54) is 79.5 Å². The summed E-state index contributed by atoms with van der Waals surface area (Å²) in [6, 6.07) is 12.4. The molecule has 13 atom stereocenters. The number of phenols is 1. The second-order valence-corrected chi connectivity index (χ2v) is 35.1. The molecule has 36 nitrogen and oxygen atoms in total. The maximum atomic E-state index is 15.4. The van der Waals surface area contributed by atoms with Gasteiger partial charge in [0.25, 0.3) is 0 Å². The summed E-state index contributed by atoms with van der Waals surface area (Å²) in [6.07, 6.45) is 0.266. The van der Waals surface area contributed by atoms with Crippen molar-refractivity contribution >= 4 is 123 Å². The second kappa shape index (κ2) is 49.7. The maximum Gasteiger partial charge on any atom is 0.305 e. The van der Waals surface area contributed by atoms with Crippen molar-refractivity contribution in [1.29, 1.82) is 0 Å². The highest BCUT2D eigenvalue weighted by Crippen LogP contribution is 2.28. The van der Waals surface area contributed by atoms with E-state index in [2.05, 4.69) is 47.5 Å². The molecule has 16 N–H and O–H groups in total. The number of likely N-dealkylation sites (N-methyl/N-ethyl adjacent to an activating group) is 3. The van der Waals surface area contributed by atoms with Crippen LogP contribution in [0.25, 0.3) is 10.9 Å². The first-order chi connectivity index (χ1) is 62.6. The average molecular weight is 1850 g/mol. The van der Waals surface area contributed by atoms with Crippen LogP contribution in [0.4, 0.5) is 8.78 Å². The van der Waals surface area contributed by atoms with Crippen LogP contribution in [0.1, 0.15) is 134 Å². The number of phenolic OH excluding ortho intramolecular Hbond substituents is 1. The van der Waals surface area contributed by atoms with Crippen LogP contribution in [0.5, 0.6) is 5.75 Å². The fourth-order valence-electron chi connectivity index (χ4n) is 15.8. The lowest BCUT2D eigenvalue weighted by atomic mass is 9.99. The van der Waals surface area contributed by atoms with Gasteiger partial charge < -0.3 is 98.8 Å². The zero-order valence-electron chi connectivity index (χ0n) is 75.3. The summed E-state index contributed by atoms with van der Waals surface area (Å²) >= 11 is 0.771. The van der Waals surface area contributed by atoms with Gasteiger partial charge in [-0.2, -0.15) is 0 Å². The number of primary amides is 1. The molecule has 1 unspecified atom stereocenters. The number of hydrogen-bond donors (Lipinski definition) is 14. The highest BCUT2D eigenvalue weighted by Gasteiger charge is 2.46. The number of halogens is 2. The minimum atomic E-state index is -1.85. The zero-order valence-corrected chi connectivity index (χ0v) is 76.2. The van der Waals surface area contributed by atoms with Crippen molar-refractivity contribution in [2.75, 3.05) is 52.3 Å². The summed E-state index contributed by atoms with van der Waals surface area (Å²) in [6.45, 7) is 9.02. The molecule has 39 heteroatoms. The Labute approximate surface area is 767 Å². The van der Waals surface area contributed by atoms with Crippen molar-refractivity contribution in [1.82, 2.24) is 72.0 Å². The van der Waals surface area contributed by atoms with E-state index in [4.69, 9.17) is 11.5 Å².